The molecule has 5 heteroatoms. The van der Waals surface area contributed by atoms with Crippen LogP contribution in [0.5, 0.6) is 11.6 Å². The Labute approximate surface area is 128 Å². The van der Waals surface area contributed by atoms with Crippen molar-refractivity contribution >= 4 is 23.2 Å². The zero-order chi connectivity index (χ0) is 14.4. The standard InChI is InChI=1S/C15H16Cl2N2O/c1-2-3-4-11-5-7-12(8-6-11)20-15-13(9-16)14(17)18-10-19-15/h5-8,10H,2-4,9H2,1H3. The fourth-order valence-electron chi connectivity index (χ4n) is 1.79. The summed E-state index contributed by atoms with van der Waals surface area (Å²) in [6.07, 6.45) is 4.83. The van der Waals surface area contributed by atoms with Gasteiger partial charge in [0.15, 0.2) is 0 Å². The first kappa shape index (κ1) is 15.1. The van der Waals surface area contributed by atoms with Crippen molar-refractivity contribution in [2.75, 3.05) is 0 Å². The van der Waals surface area contributed by atoms with Crippen molar-refractivity contribution in [1.29, 1.82) is 0 Å². The SMILES string of the molecule is CCCCc1ccc(Oc2ncnc(Cl)c2CCl)cc1. The number of unbranched alkanes of at least 4 members (excludes halogenated alkanes) is 1. The number of alkyl halides is 1. The normalized spacial score (nSPS) is 10.6. The summed E-state index contributed by atoms with van der Waals surface area (Å²) in [6.45, 7) is 2.18. The van der Waals surface area contributed by atoms with Gasteiger partial charge in [0.05, 0.1) is 11.4 Å². The zero-order valence-corrected chi connectivity index (χ0v) is 12.8. The van der Waals surface area contributed by atoms with Crippen LogP contribution in [-0.4, -0.2) is 9.97 Å². The van der Waals surface area contributed by atoms with E-state index in [9.17, 15) is 0 Å². The van der Waals surface area contributed by atoms with Crippen LogP contribution >= 0.6 is 23.2 Å². The van der Waals surface area contributed by atoms with E-state index < -0.39 is 0 Å². The molecule has 0 aliphatic carbocycles. The van der Waals surface area contributed by atoms with Crippen LogP contribution < -0.4 is 4.74 Å². The van der Waals surface area contributed by atoms with Crippen molar-refractivity contribution in [1.82, 2.24) is 9.97 Å². The molecular formula is C15H16Cl2N2O. The van der Waals surface area contributed by atoms with Crippen molar-refractivity contribution in [3.8, 4) is 11.6 Å². The van der Waals surface area contributed by atoms with Gasteiger partial charge < -0.3 is 4.74 Å². The van der Waals surface area contributed by atoms with Crippen LogP contribution in [0.3, 0.4) is 0 Å². The Balaban J connectivity index is 2.12. The van der Waals surface area contributed by atoms with E-state index in [2.05, 4.69) is 29.0 Å². The summed E-state index contributed by atoms with van der Waals surface area (Å²) < 4.78 is 5.72. The molecule has 1 aromatic carbocycles. The van der Waals surface area contributed by atoms with Crippen LogP contribution in [0.25, 0.3) is 0 Å². The molecule has 3 nitrogen and oxygen atoms in total. The third-order valence-electron chi connectivity index (χ3n) is 2.94. The summed E-state index contributed by atoms with van der Waals surface area (Å²) in [5.41, 5.74) is 1.91. The first-order chi connectivity index (χ1) is 9.74. The lowest BCUT2D eigenvalue weighted by atomic mass is 10.1. The molecule has 0 aliphatic heterocycles. The summed E-state index contributed by atoms with van der Waals surface area (Å²) in [4.78, 5) is 7.97. The molecule has 106 valence electrons. The molecule has 0 atom stereocenters. The van der Waals surface area contributed by atoms with Crippen molar-refractivity contribution in [3.63, 3.8) is 0 Å². The highest BCUT2D eigenvalue weighted by Crippen LogP contribution is 2.28. The predicted octanol–water partition coefficient (Wildman–Crippen LogP) is 5.00. The average Bonchev–Trinajstić information content (AvgIpc) is 2.47. The average molecular weight is 311 g/mol. The molecule has 0 aliphatic rings. The molecule has 0 radical (unpaired) electrons. The third kappa shape index (κ3) is 3.84. The molecule has 20 heavy (non-hydrogen) atoms. The third-order valence-corrected chi connectivity index (χ3v) is 3.54. The number of hydrogen-bond acceptors (Lipinski definition) is 3. The molecular weight excluding hydrogens is 295 g/mol. The fraction of sp³-hybridized carbons (Fsp3) is 0.333. The van der Waals surface area contributed by atoms with E-state index in [1.54, 1.807) is 0 Å². The van der Waals surface area contributed by atoms with Gasteiger partial charge in [0, 0.05) is 0 Å². The molecule has 2 rings (SSSR count). The lowest BCUT2D eigenvalue weighted by Gasteiger charge is -2.09. The predicted molar refractivity (Wildman–Crippen MR) is 81.7 cm³/mol. The minimum atomic E-state index is 0.212. The summed E-state index contributed by atoms with van der Waals surface area (Å²) in [6, 6.07) is 7.99. The number of nitrogens with zero attached hydrogens (tertiary/aromatic N) is 2. The molecule has 2 aromatic rings. The number of aromatic nitrogens is 2. The van der Waals surface area contributed by atoms with E-state index in [0.29, 0.717) is 22.3 Å². The van der Waals surface area contributed by atoms with E-state index in [4.69, 9.17) is 27.9 Å². The van der Waals surface area contributed by atoms with Gasteiger partial charge in [-0.1, -0.05) is 37.1 Å². The van der Waals surface area contributed by atoms with Crippen molar-refractivity contribution in [2.45, 2.75) is 32.1 Å². The van der Waals surface area contributed by atoms with Gasteiger partial charge in [-0.15, -0.1) is 11.6 Å². The van der Waals surface area contributed by atoms with Gasteiger partial charge in [-0.2, -0.15) is 0 Å². The Bertz CT molecular complexity index is 558. The highest BCUT2D eigenvalue weighted by atomic mass is 35.5. The molecule has 0 N–H and O–H groups in total. The summed E-state index contributed by atoms with van der Waals surface area (Å²) in [5.74, 6) is 1.33. The molecule has 0 bridgehead atoms. The van der Waals surface area contributed by atoms with Gasteiger partial charge in [0.25, 0.3) is 0 Å². The first-order valence-corrected chi connectivity index (χ1v) is 7.48. The second kappa shape index (κ2) is 7.46. The number of aryl methyl sites for hydroxylation is 1. The van der Waals surface area contributed by atoms with Crippen LogP contribution in [0.15, 0.2) is 30.6 Å². The molecule has 0 saturated carbocycles. The van der Waals surface area contributed by atoms with Crippen LogP contribution in [-0.2, 0) is 12.3 Å². The van der Waals surface area contributed by atoms with Gasteiger partial charge in [-0.3, -0.25) is 0 Å². The minimum absolute atomic E-state index is 0.212. The van der Waals surface area contributed by atoms with Crippen molar-refractivity contribution in [3.05, 3.63) is 46.9 Å². The number of rotatable bonds is 6. The lowest BCUT2D eigenvalue weighted by molar-refractivity contribution is 0.456. The second-order valence-corrected chi connectivity index (χ2v) is 5.06. The van der Waals surface area contributed by atoms with Crippen LogP contribution in [0.1, 0.15) is 30.9 Å². The van der Waals surface area contributed by atoms with Gasteiger partial charge in [-0.25, -0.2) is 9.97 Å². The smallest absolute Gasteiger partial charge is 0.228 e. The highest BCUT2D eigenvalue weighted by molar-refractivity contribution is 6.31. The number of ether oxygens (including phenoxy) is 1. The summed E-state index contributed by atoms with van der Waals surface area (Å²) >= 11 is 11.8. The first-order valence-electron chi connectivity index (χ1n) is 6.56. The Hall–Kier alpha value is -1.32. The van der Waals surface area contributed by atoms with Gasteiger partial charge in [-0.05, 0) is 30.5 Å². The van der Waals surface area contributed by atoms with Crippen molar-refractivity contribution in [2.24, 2.45) is 0 Å². The van der Waals surface area contributed by atoms with Gasteiger partial charge in [0.1, 0.15) is 17.2 Å². The molecule has 0 saturated heterocycles. The molecule has 1 aromatic heterocycles. The maximum atomic E-state index is 5.96. The second-order valence-electron chi connectivity index (χ2n) is 4.43. The molecule has 0 spiro atoms. The Kier molecular flexibility index (Phi) is 5.62. The van der Waals surface area contributed by atoms with Gasteiger partial charge in [0.2, 0.25) is 5.88 Å². The molecule has 0 amide bonds. The monoisotopic (exact) mass is 310 g/mol. The summed E-state index contributed by atoms with van der Waals surface area (Å²) in [7, 11) is 0. The van der Waals surface area contributed by atoms with Crippen molar-refractivity contribution < 1.29 is 4.74 Å². The van der Waals surface area contributed by atoms with E-state index in [1.165, 1.54) is 24.7 Å². The Morgan fingerprint density at radius 3 is 2.55 bits per heavy atom. The number of hydrogen-bond donors (Lipinski definition) is 0. The Morgan fingerprint density at radius 2 is 1.90 bits per heavy atom. The fourth-order valence-corrected chi connectivity index (χ4v) is 2.29. The van der Waals surface area contributed by atoms with Crippen LogP contribution in [0.4, 0.5) is 0 Å². The quantitative estimate of drug-likeness (QED) is 0.556. The van der Waals surface area contributed by atoms with Crippen LogP contribution in [0.2, 0.25) is 5.15 Å². The number of benzene rings is 1. The lowest BCUT2D eigenvalue weighted by Crippen LogP contribution is -1.96. The van der Waals surface area contributed by atoms with Gasteiger partial charge >= 0.3 is 0 Å². The van der Waals surface area contributed by atoms with E-state index in [0.717, 1.165) is 6.42 Å². The summed E-state index contributed by atoms with van der Waals surface area (Å²) in [5, 5.41) is 0.324. The largest absolute Gasteiger partial charge is 0.439 e. The minimum Gasteiger partial charge on any atom is -0.439 e. The zero-order valence-electron chi connectivity index (χ0n) is 11.3. The maximum absolute atomic E-state index is 5.96. The van der Waals surface area contributed by atoms with E-state index in [1.807, 2.05) is 12.1 Å². The molecule has 0 fully saturated rings. The molecule has 0 unspecified atom stereocenters. The maximum Gasteiger partial charge on any atom is 0.228 e. The van der Waals surface area contributed by atoms with E-state index in [-0.39, 0.29) is 5.88 Å². The number of halogens is 2. The Morgan fingerprint density at radius 1 is 1.15 bits per heavy atom. The topological polar surface area (TPSA) is 35.0 Å². The molecule has 1 heterocycles. The van der Waals surface area contributed by atoms with E-state index >= 15 is 0 Å². The van der Waals surface area contributed by atoms with Crippen LogP contribution in [0, 0.1) is 0 Å². The highest BCUT2D eigenvalue weighted by Gasteiger charge is 2.11.